The fourth-order valence-corrected chi connectivity index (χ4v) is 0.818. The molecule has 0 heterocycles. The van der Waals surface area contributed by atoms with Gasteiger partial charge in [0.1, 0.15) is 0 Å². The van der Waals surface area contributed by atoms with Crippen LogP contribution in [0, 0.1) is 0 Å². The Morgan fingerprint density at radius 1 is 1.21 bits per heavy atom. The van der Waals surface area contributed by atoms with E-state index in [0.29, 0.717) is 0 Å². The van der Waals surface area contributed by atoms with E-state index in [0.717, 1.165) is 13.0 Å². The van der Waals surface area contributed by atoms with Gasteiger partial charge in [0.2, 0.25) is 0 Å². The summed E-state index contributed by atoms with van der Waals surface area (Å²) in [6.07, 6.45) is 6.19. The molecular weight excluding hydrogens is 234 g/mol. The minimum atomic E-state index is 0.992. The summed E-state index contributed by atoms with van der Waals surface area (Å²) in [6.45, 7) is 18.1. The highest BCUT2D eigenvalue weighted by molar-refractivity contribution is 5.13. The van der Waals surface area contributed by atoms with Gasteiger partial charge < -0.3 is 4.90 Å². The molecule has 0 spiro atoms. The summed E-state index contributed by atoms with van der Waals surface area (Å²) in [6, 6.07) is 0. The number of nitrogens with zero attached hydrogens (tertiary/aromatic N) is 3. The molecule has 3 heteroatoms. The molecule has 110 valence electrons. The lowest BCUT2D eigenvalue weighted by atomic mass is 10.1. The SMILES string of the molecule is C=CC=C(C)CC(=C)C.C=CN=NC.CCN(C)C. The highest BCUT2D eigenvalue weighted by Gasteiger charge is 1.86. The van der Waals surface area contributed by atoms with E-state index >= 15 is 0 Å². The van der Waals surface area contributed by atoms with Crippen molar-refractivity contribution in [3.8, 4) is 0 Å². The Bertz CT molecular complexity index is 286. The Balaban J connectivity index is -0.000000219. The normalized spacial score (nSPS) is 10.2. The third kappa shape index (κ3) is 38.4. The lowest BCUT2D eigenvalue weighted by molar-refractivity contribution is 0.434. The van der Waals surface area contributed by atoms with Gasteiger partial charge in [0.15, 0.2) is 0 Å². The molecule has 0 aliphatic heterocycles. The minimum absolute atomic E-state index is 0.992. The molecule has 19 heavy (non-hydrogen) atoms. The van der Waals surface area contributed by atoms with Gasteiger partial charge in [-0.1, -0.05) is 50.0 Å². The monoisotopic (exact) mass is 265 g/mol. The fraction of sp³-hybridized carbons (Fsp3) is 0.500. The van der Waals surface area contributed by atoms with Gasteiger partial charge in [-0.15, -0.1) is 0 Å². The molecule has 0 unspecified atom stereocenters. The van der Waals surface area contributed by atoms with Crippen molar-refractivity contribution >= 4 is 0 Å². The van der Waals surface area contributed by atoms with E-state index in [1.807, 2.05) is 13.0 Å². The molecule has 0 bridgehead atoms. The molecule has 3 nitrogen and oxygen atoms in total. The second-order valence-corrected chi connectivity index (χ2v) is 4.28. The molecule has 0 rings (SSSR count). The lowest BCUT2D eigenvalue weighted by Crippen LogP contribution is -2.08. The summed E-state index contributed by atoms with van der Waals surface area (Å²) in [5, 5.41) is 6.72. The number of allylic oxidation sites excluding steroid dienone is 4. The van der Waals surface area contributed by atoms with Crippen LogP contribution in [-0.4, -0.2) is 32.6 Å². The van der Waals surface area contributed by atoms with Gasteiger partial charge in [0, 0.05) is 13.2 Å². The summed E-state index contributed by atoms with van der Waals surface area (Å²) in [5.74, 6) is 0. The van der Waals surface area contributed by atoms with E-state index in [9.17, 15) is 0 Å². The molecule has 0 aromatic carbocycles. The van der Waals surface area contributed by atoms with E-state index < -0.39 is 0 Å². The maximum absolute atomic E-state index is 3.80. The molecule has 0 saturated heterocycles. The smallest absolute Gasteiger partial charge is 0.0491 e. The molecular formula is C16H31N3. The van der Waals surface area contributed by atoms with Crippen LogP contribution in [0.5, 0.6) is 0 Å². The summed E-state index contributed by atoms with van der Waals surface area (Å²) < 4.78 is 0. The van der Waals surface area contributed by atoms with Gasteiger partial charge in [-0.25, -0.2) is 0 Å². The zero-order chi connectivity index (χ0) is 15.7. The fourth-order valence-electron chi connectivity index (χ4n) is 0.818. The molecule has 0 aliphatic carbocycles. The second kappa shape index (κ2) is 18.9. The van der Waals surface area contributed by atoms with Crippen LogP contribution in [0.1, 0.15) is 27.2 Å². The average molecular weight is 265 g/mol. The maximum Gasteiger partial charge on any atom is 0.0491 e. The van der Waals surface area contributed by atoms with Crippen LogP contribution in [0.15, 0.2) is 59.5 Å². The number of rotatable bonds is 5. The molecule has 0 radical (unpaired) electrons. The molecule has 0 aliphatic rings. The minimum Gasteiger partial charge on any atom is -0.310 e. The van der Waals surface area contributed by atoms with Crippen LogP contribution in [0.3, 0.4) is 0 Å². The average Bonchev–Trinajstić information content (AvgIpc) is 2.31. The first-order valence-corrected chi connectivity index (χ1v) is 6.32. The van der Waals surface area contributed by atoms with Crippen LogP contribution in [0.2, 0.25) is 0 Å². The Hall–Kier alpha value is -1.48. The standard InChI is InChI=1S/C9H14.C4H11N.C3H6N2/c1-5-6-9(4)7-8(2)3;1-4-5(2)3;1-3-5-4-2/h5-6H,1-2,7H2,3-4H3;4H2,1-3H3;3H,1H2,2H3. The van der Waals surface area contributed by atoms with Crippen LogP contribution in [0.25, 0.3) is 0 Å². The number of azo groups is 1. The van der Waals surface area contributed by atoms with Gasteiger partial charge in [0.05, 0.1) is 0 Å². The summed E-state index contributed by atoms with van der Waals surface area (Å²) >= 11 is 0. The zero-order valence-corrected chi connectivity index (χ0v) is 13.6. The van der Waals surface area contributed by atoms with Crippen molar-refractivity contribution in [1.29, 1.82) is 0 Å². The van der Waals surface area contributed by atoms with E-state index in [1.165, 1.54) is 17.3 Å². The molecule has 0 N–H and O–H groups in total. The third-order valence-electron chi connectivity index (χ3n) is 1.81. The first-order chi connectivity index (χ1) is 8.85. The third-order valence-corrected chi connectivity index (χ3v) is 1.81. The van der Waals surface area contributed by atoms with Crippen molar-refractivity contribution < 1.29 is 0 Å². The second-order valence-electron chi connectivity index (χ2n) is 4.28. The Morgan fingerprint density at radius 2 is 1.68 bits per heavy atom. The van der Waals surface area contributed by atoms with Gasteiger partial charge in [-0.3, -0.25) is 0 Å². The van der Waals surface area contributed by atoms with Gasteiger partial charge >= 0.3 is 0 Å². The Labute approximate surface area is 120 Å². The number of hydrogen-bond acceptors (Lipinski definition) is 3. The highest BCUT2D eigenvalue weighted by atomic mass is 15.1. The van der Waals surface area contributed by atoms with Crippen LogP contribution < -0.4 is 0 Å². The largest absolute Gasteiger partial charge is 0.310 e. The van der Waals surface area contributed by atoms with Crippen molar-refractivity contribution in [2.24, 2.45) is 10.2 Å². The lowest BCUT2D eigenvalue weighted by Gasteiger charge is -2.00. The van der Waals surface area contributed by atoms with Crippen LogP contribution in [-0.2, 0) is 0 Å². The predicted molar refractivity (Wildman–Crippen MR) is 88.6 cm³/mol. The number of hydrogen-bond donors (Lipinski definition) is 0. The van der Waals surface area contributed by atoms with E-state index in [2.05, 4.69) is 62.8 Å². The van der Waals surface area contributed by atoms with E-state index in [1.54, 1.807) is 13.1 Å². The molecule has 0 amide bonds. The van der Waals surface area contributed by atoms with E-state index in [4.69, 9.17) is 0 Å². The van der Waals surface area contributed by atoms with Crippen molar-refractivity contribution in [3.05, 3.63) is 49.2 Å². The van der Waals surface area contributed by atoms with Crippen molar-refractivity contribution in [1.82, 2.24) is 4.90 Å². The topological polar surface area (TPSA) is 28.0 Å². The van der Waals surface area contributed by atoms with E-state index in [-0.39, 0.29) is 0 Å². The molecule has 0 atom stereocenters. The molecule has 0 aromatic rings. The summed E-state index contributed by atoms with van der Waals surface area (Å²) in [4.78, 5) is 2.12. The highest BCUT2D eigenvalue weighted by Crippen LogP contribution is 2.06. The molecule has 0 fully saturated rings. The summed E-state index contributed by atoms with van der Waals surface area (Å²) in [7, 11) is 5.71. The quantitative estimate of drug-likeness (QED) is 0.396. The van der Waals surface area contributed by atoms with Gasteiger partial charge in [-0.2, -0.15) is 10.2 Å². The van der Waals surface area contributed by atoms with Gasteiger partial charge in [-0.05, 0) is 40.9 Å². The predicted octanol–water partition coefficient (Wildman–Crippen LogP) is 4.86. The Kier molecular flexibility index (Phi) is 22.5. The van der Waals surface area contributed by atoms with Crippen molar-refractivity contribution in [3.63, 3.8) is 0 Å². The summed E-state index contributed by atoms with van der Waals surface area (Å²) in [5.41, 5.74) is 2.52. The van der Waals surface area contributed by atoms with Crippen molar-refractivity contribution in [2.75, 3.05) is 27.7 Å². The van der Waals surface area contributed by atoms with Gasteiger partial charge in [0.25, 0.3) is 0 Å². The van der Waals surface area contributed by atoms with Crippen LogP contribution >= 0.6 is 0 Å². The zero-order valence-electron chi connectivity index (χ0n) is 13.6. The molecule has 0 aromatic heterocycles. The maximum atomic E-state index is 3.80. The van der Waals surface area contributed by atoms with Crippen LogP contribution in [0.4, 0.5) is 0 Å². The molecule has 0 saturated carbocycles. The first kappa shape index (κ1) is 22.7. The Morgan fingerprint density at radius 3 is 1.84 bits per heavy atom. The first-order valence-electron chi connectivity index (χ1n) is 6.32. The van der Waals surface area contributed by atoms with Crippen molar-refractivity contribution in [2.45, 2.75) is 27.2 Å².